The van der Waals surface area contributed by atoms with Crippen molar-refractivity contribution in [1.29, 1.82) is 0 Å². The molecule has 0 bridgehead atoms. The maximum absolute atomic E-state index is 11.9. The summed E-state index contributed by atoms with van der Waals surface area (Å²) in [6.07, 6.45) is 0. The lowest BCUT2D eigenvalue weighted by Gasteiger charge is -2.22. The molecule has 0 fully saturated rings. The monoisotopic (exact) mass is 261 g/mol. The van der Waals surface area contributed by atoms with Crippen molar-refractivity contribution in [2.75, 3.05) is 21.2 Å². The molecule has 19 heavy (non-hydrogen) atoms. The fourth-order valence-corrected chi connectivity index (χ4v) is 2.26. The van der Waals surface area contributed by atoms with E-state index in [1.807, 2.05) is 55.7 Å². The summed E-state index contributed by atoms with van der Waals surface area (Å²) in [5, 5.41) is 0. The van der Waals surface area contributed by atoms with E-state index in [0.717, 1.165) is 22.4 Å². The number of ether oxygens (including phenoxy) is 1. The first-order valence-electron chi connectivity index (χ1n) is 6.13. The van der Waals surface area contributed by atoms with Gasteiger partial charge in [0.1, 0.15) is 11.9 Å². The van der Waals surface area contributed by atoms with Gasteiger partial charge in [-0.2, -0.15) is 0 Å². The van der Waals surface area contributed by atoms with Crippen molar-refractivity contribution in [3.8, 4) is 0 Å². The number of nitrogens with zero attached hydrogens (tertiary/aromatic N) is 3. The molecule has 5 nitrogen and oxygen atoms in total. The summed E-state index contributed by atoms with van der Waals surface area (Å²) in [7, 11) is 7.10. The molecule has 2 rings (SSSR count). The first-order valence-corrected chi connectivity index (χ1v) is 6.13. The maximum atomic E-state index is 11.9. The minimum absolute atomic E-state index is 0.267. The van der Waals surface area contributed by atoms with Gasteiger partial charge in [0.25, 0.3) is 0 Å². The highest BCUT2D eigenvalue weighted by atomic mass is 16.5. The summed E-state index contributed by atoms with van der Waals surface area (Å²) in [6.45, 7) is 1.96. The van der Waals surface area contributed by atoms with E-state index in [-0.39, 0.29) is 5.97 Å². The van der Waals surface area contributed by atoms with Crippen LogP contribution < -0.4 is 0 Å². The Balaban J connectivity index is 2.52. The molecule has 1 aromatic heterocycles. The number of hydrogen-bond acceptors (Lipinski definition) is 4. The van der Waals surface area contributed by atoms with Gasteiger partial charge < -0.3 is 9.30 Å². The quantitative estimate of drug-likeness (QED) is 0.788. The smallest absolute Gasteiger partial charge is 0.327 e. The number of methoxy groups -OCH3 is 1. The minimum atomic E-state index is -0.406. The third-order valence-corrected chi connectivity index (χ3v) is 3.39. The Hall–Kier alpha value is -1.88. The van der Waals surface area contributed by atoms with Crippen LogP contribution in [0.4, 0.5) is 0 Å². The first-order chi connectivity index (χ1) is 8.95. The standard InChI is InChI=1S/C14H19N3O2/c1-9-15-11-8-10(6-7-12(11)17(9)4)13(16(2)3)14(18)19-5/h6-8,13H,1-5H3. The highest BCUT2D eigenvalue weighted by Gasteiger charge is 2.24. The molecule has 0 aliphatic carbocycles. The molecule has 0 N–H and O–H groups in total. The van der Waals surface area contributed by atoms with Crippen LogP contribution in [0.1, 0.15) is 17.4 Å². The molecule has 0 aliphatic rings. The summed E-state index contributed by atoms with van der Waals surface area (Å²) in [5.74, 6) is 0.684. The highest BCUT2D eigenvalue weighted by Crippen LogP contribution is 2.24. The van der Waals surface area contributed by atoms with Crippen LogP contribution in [-0.2, 0) is 16.6 Å². The first kappa shape index (κ1) is 13.5. The molecule has 0 amide bonds. The van der Waals surface area contributed by atoms with Crippen LogP contribution in [-0.4, -0.2) is 41.6 Å². The number of carbonyl (C=O) groups is 1. The van der Waals surface area contributed by atoms with Crippen LogP contribution >= 0.6 is 0 Å². The molecule has 1 aromatic carbocycles. The number of rotatable bonds is 3. The predicted octanol–water partition coefficient (Wildman–Crippen LogP) is 1.66. The largest absolute Gasteiger partial charge is 0.468 e. The second kappa shape index (κ2) is 5.01. The van der Waals surface area contributed by atoms with E-state index in [4.69, 9.17) is 4.74 Å². The number of carbonyl (C=O) groups excluding carboxylic acids is 1. The molecule has 1 atom stereocenters. The lowest BCUT2D eigenvalue weighted by molar-refractivity contribution is -0.146. The van der Waals surface area contributed by atoms with E-state index in [9.17, 15) is 4.79 Å². The van der Waals surface area contributed by atoms with Gasteiger partial charge in [0.05, 0.1) is 18.1 Å². The number of likely N-dealkylation sites (N-methyl/N-ethyl adjacent to an activating group) is 1. The third kappa shape index (κ3) is 2.33. The van der Waals surface area contributed by atoms with Crippen LogP contribution in [0.2, 0.25) is 0 Å². The molecular weight excluding hydrogens is 242 g/mol. The average Bonchev–Trinajstić information content (AvgIpc) is 2.64. The lowest BCUT2D eigenvalue weighted by Crippen LogP contribution is -2.28. The summed E-state index contributed by atoms with van der Waals surface area (Å²) in [4.78, 5) is 18.2. The second-order valence-corrected chi connectivity index (χ2v) is 4.86. The molecule has 5 heteroatoms. The third-order valence-electron chi connectivity index (χ3n) is 3.39. The summed E-state index contributed by atoms with van der Waals surface area (Å²) < 4.78 is 6.89. The van der Waals surface area contributed by atoms with E-state index < -0.39 is 6.04 Å². The fourth-order valence-electron chi connectivity index (χ4n) is 2.26. The van der Waals surface area contributed by atoms with Gasteiger partial charge in [0, 0.05) is 7.05 Å². The summed E-state index contributed by atoms with van der Waals surface area (Å²) in [6, 6.07) is 5.48. The van der Waals surface area contributed by atoms with Crippen molar-refractivity contribution in [3.63, 3.8) is 0 Å². The van der Waals surface area contributed by atoms with E-state index in [2.05, 4.69) is 4.98 Å². The molecule has 0 saturated heterocycles. The van der Waals surface area contributed by atoms with E-state index in [1.165, 1.54) is 7.11 Å². The number of imidazole rings is 1. The zero-order chi connectivity index (χ0) is 14.2. The van der Waals surface area contributed by atoms with Gasteiger partial charge >= 0.3 is 5.97 Å². The van der Waals surface area contributed by atoms with Crippen molar-refractivity contribution >= 4 is 17.0 Å². The average molecular weight is 261 g/mol. The number of aromatic nitrogens is 2. The molecule has 1 unspecified atom stereocenters. The number of benzene rings is 1. The van der Waals surface area contributed by atoms with Crippen LogP contribution in [0.25, 0.3) is 11.0 Å². The zero-order valence-corrected chi connectivity index (χ0v) is 12.0. The summed E-state index contributed by atoms with van der Waals surface area (Å²) >= 11 is 0. The molecule has 2 aromatic rings. The van der Waals surface area contributed by atoms with E-state index in [0.29, 0.717) is 0 Å². The van der Waals surface area contributed by atoms with Gasteiger partial charge in [-0.1, -0.05) is 6.07 Å². The van der Waals surface area contributed by atoms with Gasteiger partial charge in [0.15, 0.2) is 0 Å². The topological polar surface area (TPSA) is 47.4 Å². The Kier molecular flexibility index (Phi) is 3.57. The van der Waals surface area contributed by atoms with Crippen molar-refractivity contribution in [3.05, 3.63) is 29.6 Å². The number of fused-ring (bicyclic) bond motifs is 1. The normalized spacial score (nSPS) is 12.9. The lowest BCUT2D eigenvalue weighted by atomic mass is 10.1. The molecule has 0 aliphatic heterocycles. The SMILES string of the molecule is COC(=O)C(c1ccc2c(c1)nc(C)n2C)N(C)C. The van der Waals surface area contributed by atoms with Gasteiger partial charge in [-0.25, -0.2) is 9.78 Å². The number of hydrogen-bond donors (Lipinski definition) is 0. The molecular formula is C14H19N3O2. The van der Waals surface area contributed by atoms with Crippen molar-refractivity contribution in [2.45, 2.75) is 13.0 Å². The predicted molar refractivity (Wildman–Crippen MR) is 73.9 cm³/mol. The molecule has 0 spiro atoms. The zero-order valence-electron chi connectivity index (χ0n) is 12.0. The summed E-state index contributed by atoms with van der Waals surface area (Å²) in [5.41, 5.74) is 2.85. The fraction of sp³-hybridized carbons (Fsp3) is 0.429. The van der Waals surface area contributed by atoms with Crippen molar-refractivity contribution < 1.29 is 9.53 Å². The Labute approximate surface area is 112 Å². The molecule has 0 radical (unpaired) electrons. The molecule has 102 valence electrons. The Morgan fingerprint density at radius 2 is 2.11 bits per heavy atom. The van der Waals surface area contributed by atoms with Crippen LogP contribution in [0, 0.1) is 6.92 Å². The van der Waals surface area contributed by atoms with Crippen LogP contribution in [0.3, 0.4) is 0 Å². The minimum Gasteiger partial charge on any atom is -0.468 e. The highest BCUT2D eigenvalue weighted by molar-refractivity contribution is 5.82. The van der Waals surface area contributed by atoms with Crippen molar-refractivity contribution in [1.82, 2.24) is 14.5 Å². The molecule has 0 saturated carbocycles. The van der Waals surface area contributed by atoms with Gasteiger partial charge in [-0.3, -0.25) is 4.90 Å². The van der Waals surface area contributed by atoms with Crippen LogP contribution in [0.15, 0.2) is 18.2 Å². The van der Waals surface area contributed by atoms with E-state index in [1.54, 1.807) is 0 Å². The Bertz CT molecular complexity index is 616. The second-order valence-electron chi connectivity index (χ2n) is 4.86. The number of esters is 1. The van der Waals surface area contributed by atoms with Gasteiger partial charge in [-0.05, 0) is 38.7 Å². The van der Waals surface area contributed by atoms with Gasteiger partial charge in [0.2, 0.25) is 0 Å². The van der Waals surface area contributed by atoms with Crippen molar-refractivity contribution in [2.24, 2.45) is 7.05 Å². The van der Waals surface area contributed by atoms with Gasteiger partial charge in [-0.15, -0.1) is 0 Å². The number of aryl methyl sites for hydroxylation is 2. The Morgan fingerprint density at radius 3 is 2.68 bits per heavy atom. The van der Waals surface area contributed by atoms with E-state index >= 15 is 0 Å². The molecule has 1 heterocycles. The van der Waals surface area contributed by atoms with Crippen LogP contribution in [0.5, 0.6) is 0 Å². The maximum Gasteiger partial charge on any atom is 0.327 e. The Morgan fingerprint density at radius 1 is 1.42 bits per heavy atom.